The van der Waals surface area contributed by atoms with Crippen LogP contribution in [-0.4, -0.2) is 30.2 Å². The normalized spacial score (nSPS) is 15.4. The molecule has 0 aliphatic heterocycles. The maximum atomic E-state index is 12.1. The molecule has 0 aliphatic rings. The van der Waals surface area contributed by atoms with Crippen molar-refractivity contribution in [1.29, 1.82) is 0 Å². The number of hydrogen-bond donors (Lipinski definition) is 3. The molecule has 0 spiro atoms. The number of hydrogen-bond acceptors (Lipinski definition) is 3. The summed E-state index contributed by atoms with van der Waals surface area (Å²) in [5.74, 6) is 0.844. The quantitative estimate of drug-likeness (QED) is 0.632. The van der Waals surface area contributed by atoms with Crippen molar-refractivity contribution in [3.8, 4) is 0 Å². The average molecular weight is 272 g/mol. The highest BCUT2D eigenvalue weighted by Crippen LogP contribution is 2.22. The number of aliphatic hydroxyl groups is 1. The Labute approximate surface area is 118 Å². The van der Waals surface area contributed by atoms with Crippen LogP contribution in [0.4, 0.5) is 0 Å². The Balaban J connectivity index is 4.40. The number of carbonyl (C=O) groups excluding carboxylic acids is 1. The van der Waals surface area contributed by atoms with Crippen molar-refractivity contribution in [2.75, 3.05) is 13.2 Å². The van der Waals surface area contributed by atoms with E-state index >= 15 is 0 Å². The van der Waals surface area contributed by atoms with Gasteiger partial charge in [0.2, 0.25) is 5.91 Å². The van der Waals surface area contributed by atoms with Crippen molar-refractivity contribution < 1.29 is 9.90 Å². The summed E-state index contributed by atoms with van der Waals surface area (Å²) in [6, 6.07) is 0.00229. The van der Waals surface area contributed by atoms with Crippen LogP contribution in [0.5, 0.6) is 0 Å². The van der Waals surface area contributed by atoms with Gasteiger partial charge in [-0.15, -0.1) is 0 Å². The van der Waals surface area contributed by atoms with E-state index in [1.807, 2.05) is 0 Å². The van der Waals surface area contributed by atoms with Crippen LogP contribution in [0.2, 0.25) is 0 Å². The Kier molecular flexibility index (Phi) is 8.26. The fourth-order valence-corrected chi connectivity index (χ4v) is 2.30. The molecule has 0 heterocycles. The van der Waals surface area contributed by atoms with Crippen LogP contribution in [0.1, 0.15) is 53.9 Å². The standard InChI is InChI=1S/C15H32N2O2/c1-11(2)8-12(10-16)9-14(19)17-13(6-7-18)15(3,4)5/h11-13,18H,6-10,16H2,1-5H3,(H,17,19)/t12-,13?/m0/s1. The Morgan fingerprint density at radius 1 is 1.32 bits per heavy atom. The summed E-state index contributed by atoms with van der Waals surface area (Å²) in [6.07, 6.45) is 2.05. The highest BCUT2D eigenvalue weighted by Gasteiger charge is 2.26. The summed E-state index contributed by atoms with van der Waals surface area (Å²) in [5.41, 5.74) is 5.68. The van der Waals surface area contributed by atoms with Gasteiger partial charge >= 0.3 is 0 Å². The molecule has 4 N–H and O–H groups in total. The van der Waals surface area contributed by atoms with Gasteiger partial charge in [-0.05, 0) is 36.6 Å². The van der Waals surface area contributed by atoms with Gasteiger partial charge in [-0.2, -0.15) is 0 Å². The van der Waals surface area contributed by atoms with Crippen LogP contribution in [0, 0.1) is 17.3 Å². The van der Waals surface area contributed by atoms with Gasteiger partial charge in [0.15, 0.2) is 0 Å². The zero-order valence-electron chi connectivity index (χ0n) is 13.2. The molecular weight excluding hydrogens is 240 g/mol. The SMILES string of the molecule is CC(C)C[C@H](CN)CC(=O)NC(CCO)C(C)(C)C. The largest absolute Gasteiger partial charge is 0.396 e. The first kappa shape index (κ1) is 18.4. The number of amides is 1. The molecule has 0 rings (SSSR count). The highest BCUT2D eigenvalue weighted by molar-refractivity contribution is 5.76. The fraction of sp³-hybridized carbons (Fsp3) is 0.933. The zero-order chi connectivity index (χ0) is 15.1. The molecule has 1 amide bonds. The third-order valence-corrected chi connectivity index (χ3v) is 3.41. The van der Waals surface area contributed by atoms with Gasteiger partial charge in [-0.1, -0.05) is 34.6 Å². The molecule has 0 aliphatic carbocycles. The molecule has 0 radical (unpaired) electrons. The summed E-state index contributed by atoms with van der Waals surface area (Å²) in [7, 11) is 0. The first-order valence-corrected chi connectivity index (χ1v) is 7.31. The molecular formula is C15H32N2O2. The molecule has 0 saturated heterocycles. The Morgan fingerprint density at radius 3 is 2.26 bits per heavy atom. The predicted octanol–water partition coefficient (Wildman–Crippen LogP) is 1.91. The second-order valence-electron chi connectivity index (χ2n) is 6.93. The Bertz CT molecular complexity index is 259. The van der Waals surface area contributed by atoms with E-state index in [0.717, 1.165) is 6.42 Å². The van der Waals surface area contributed by atoms with E-state index in [1.54, 1.807) is 0 Å². The summed E-state index contributed by atoms with van der Waals surface area (Å²) >= 11 is 0. The molecule has 0 bridgehead atoms. The van der Waals surface area contributed by atoms with Crippen LogP contribution in [0.15, 0.2) is 0 Å². The third-order valence-electron chi connectivity index (χ3n) is 3.41. The summed E-state index contributed by atoms with van der Waals surface area (Å²) < 4.78 is 0. The maximum absolute atomic E-state index is 12.1. The second kappa shape index (κ2) is 8.54. The number of carbonyl (C=O) groups is 1. The molecule has 4 nitrogen and oxygen atoms in total. The maximum Gasteiger partial charge on any atom is 0.220 e. The summed E-state index contributed by atoms with van der Waals surface area (Å²) in [4.78, 5) is 12.1. The van der Waals surface area contributed by atoms with Crippen molar-refractivity contribution in [3.05, 3.63) is 0 Å². The Hall–Kier alpha value is -0.610. The van der Waals surface area contributed by atoms with Crippen molar-refractivity contribution in [1.82, 2.24) is 5.32 Å². The number of nitrogens with two attached hydrogens (primary N) is 1. The van der Waals surface area contributed by atoms with Gasteiger partial charge in [-0.3, -0.25) is 4.79 Å². The first-order chi connectivity index (χ1) is 8.70. The monoisotopic (exact) mass is 272 g/mol. The van der Waals surface area contributed by atoms with Crippen LogP contribution in [0.3, 0.4) is 0 Å². The predicted molar refractivity (Wildman–Crippen MR) is 79.7 cm³/mol. The molecule has 2 atom stereocenters. The molecule has 0 aromatic heterocycles. The average Bonchev–Trinajstić information content (AvgIpc) is 2.25. The smallest absolute Gasteiger partial charge is 0.220 e. The number of nitrogens with one attached hydrogen (secondary N) is 1. The molecule has 0 aromatic carbocycles. The minimum atomic E-state index is -0.0470. The van der Waals surface area contributed by atoms with Crippen LogP contribution >= 0.6 is 0 Å². The van der Waals surface area contributed by atoms with E-state index in [9.17, 15) is 4.79 Å². The van der Waals surface area contributed by atoms with E-state index in [-0.39, 0.29) is 29.9 Å². The van der Waals surface area contributed by atoms with Gasteiger partial charge in [-0.25, -0.2) is 0 Å². The molecule has 0 aromatic rings. The van der Waals surface area contributed by atoms with Crippen LogP contribution in [0.25, 0.3) is 0 Å². The van der Waals surface area contributed by atoms with E-state index in [1.165, 1.54) is 0 Å². The third kappa shape index (κ3) is 8.22. The minimum absolute atomic E-state index is 0.00229. The van der Waals surface area contributed by atoms with E-state index < -0.39 is 0 Å². The van der Waals surface area contributed by atoms with Crippen molar-refractivity contribution in [3.63, 3.8) is 0 Å². The van der Waals surface area contributed by atoms with Crippen molar-refractivity contribution in [2.24, 2.45) is 23.0 Å². The Morgan fingerprint density at radius 2 is 1.89 bits per heavy atom. The van der Waals surface area contributed by atoms with E-state index in [4.69, 9.17) is 10.8 Å². The lowest BCUT2D eigenvalue weighted by molar-refractivity contribution is -0.123. The van der Waals surface area contributed by atoms with Gasteiger partial charge in [0, 0.05) is 19.1 Å². The lowest BCUT2D eigenvalue weighted by Gasteiger charge is -2.31. The zero-order valence-corrected chi connectivity index (χ0v) is 13.2. The van der Waals surface area contributed by atoms with Crippen LogP contribution in [-0.2, 0) is 4.79 Å². The summed E-state index contributed by atoms with van der Waals surface area (Å²) in [5, 5.41) is 12.1. The van der Waals surface area contributed by atoms with E-state index in [0.29, 0.717) is 25.3 Å². The molecule has 0 saturated carbocycles. The summed E-state index contributed by atoms with van der Waals surface area (Å²) in [6.45, 7) is 11.1. The van der Waals surface area contributed by atoms with Gasteiger partial charge in [0.25, 0.3) is 0 Å². The number of aliphatic hydroxyl groups excluding tert-OH is 1. The minimum Gasteiger partial charge on any atom is -0.396 e. The molecule has 1 unspecified atom stereocenters. The molecule has 0 fully saturated rings. The molecule has 4 heteroatoms. The lowest BCUT2D eigenvalue weighted by atomic mass is 9.84. The van der Waals surface area contributed by atoms with Gasteiger partial charge in [0.1, 0.15) is 0 Å². The molecule has 114 valence electrons. The lowest BCUT2D eigenvalue weighted by Crippen LogP contribution is -2.45. The second-order valence-corrected chi connectivity index (χ2v) is 6.93. The van der Waals surface area contributed by atoms with Crippen molar-refractivity contribution in [2.45, 2.75) is 59.9 Å². The fourth-order valence-electron chi connectivity index (χ4n) is 2.30. The van der Waals surface area contributed by atoms with Gasteiger partial charge in [0.05, 0.1) is 0 Å². The topological polar surface area (TPSA) is 75.4 Å². The van der Waals surface area contributed by atoms with E-state index in [2.05, 4.69) is 39.9 Å². The molecule has 19 heavy (non-hydrogen) atoms. The first-order valence-electron chi connectivity index (χ1n) is 7.31. The number of rotatable bonds is 8. The van der Waals surface area contributed by atoms with Crippen LogP contribution < -0.4 is 11.1 Å². The van der Waals surface area contributed by atoms with Crippen molar-refractivity contribution >= 4 is 5.91 Å². The highest BCUT2D eigenvalue weighted by atomic mass is 16.3. The van der Waals surface area contributed by atoms with Gasteiger partial charge < -0.3 is 16.2 Å².